The van der Waals surface area contributed by atoms with Crippen LogP contribution in [-0.4, -0.2) is 28.6 Å². The number of piperidine rings is 1. The summed E-state index contributed by atoms with van der Waals surface area (Å²) >= 11 is 0. The Morgan fingerprint density at radius 2 is 2.15 bits per heavy atom. The highest BCUT2D eigenvalue weighted by Gasteiger charge is 2.25. The van der Waals surface area contributed by atoms with Gasteiger partial charge in [0.25, 0.3) is 0 Å². The summed E-state index contributed by atoms with van der Waals surface area (Å²) in [6, 6.07) is 10.1. The molecule has 1 fully saturated rings. The van der Waals surface area contributed by atoms with Crippen LogP contribution in [0.25, 0.3) is 10.9 Å². The predicted octanol–water partition coefficient (Wildman–Crippen LogP) is 3.07. The molecule has 1 unspecified atom stereocenters. The minimum atomic E-state index is -0.722. The average molecular weight is 270 g/mol. The van der Waals surface area contributed by atoms with Crippen LogP contribution in [-0.2, 0) is 4.79 Å². The molecule has 1 aromatic heterocycles. The topological polar surface area (TPSA) is 53.4 Å². The van der Waals surface area contributed by atoms with Crippen LogP contribution in [0.5, 0.6) is 0 Å². The number of hydrogen-bond acceptors (Lipinski definition) is 3. The van der Waals surface area contributed by atoms with Crippen molar-refractivity contribution in [3.63, 3.8) is 0 Å². The van der Waals surface area contributed by atoms with E-state index in [2.05, 4.69) is 16.0 Å². The van der Waals surface area contributed by atoms with Crippen molar-refractivity contribution in [3.8, 4) is 0 Å². The summed E-state index contributed by atoms with van der Waals surface area (Å²) in [5.74, 6) is -0.722. The molecule has 1 atom stereocenters. The molecule has 3 rings (SSSR count). The molecule has 0 saturated carbocycles. The Labute approximate surface area is 118 Å². The second kappa shape index (κ2) is 5.49. The van der Waals surface area contributed by atoms with E-state index in [4.69, 9.17) is 5.11 Å². The van der Waals surface area contributed by atoms with Gasteiger partial charge in [0.2, 0.25) is 0 Å². The summed E-state index contributed by atoms with van der Waals surface area (Å²) < 4.78 is 0. The van der Waals surface area contributed by atoms with Crippen molar-refractivity contribution in [2.24, 2.45) is 0 Å². The number of carboxylic acid groups (broad SMARTS) is 1. The first kappa shape index (κ1) is 12.9. The lowest BCUT2D eigenvalue weighted by Gasteiger charge is -2.37. The van der Waals surface area contributed by atoms with Crippen molar-refractivity contribution < 1.29 is 9.90 Å². The van der Waals surface area contributed by atoms with E-state index in [0.29, 0.717) is 0 Å². The molecule has 0 amide bonds. The van der Waals surface area contributed by atoms with Crippen LogP contribution < -0.4 is 4.90 Å². The van der Waals surface area contributed by atoms with Gasteiger partial charge in [0.15, 0.2) is 0 Å². The highest BCUT2D eigenvalue weighted by molar-refractivity contribution is 5.91. The molecule has 0 spiro atoms. The van der Waals surface area contributed by atoms with Gasteiger partial charge in [-0.3, -0.25) is 9.78 Å². The monoisotopic (exact) mass is 270 g/mol. The van der Waals surface area contributed by atoms with Gasteiger partial charge in [0.05, 0.1) is 11.9 Å². The van der Waals surface area contributed by atoms with Crippen molar-refractivity contribution in [1.29, 1.82) is 0 Å². The van der Waals surface area contributed by atoms with Gasteiger partial charge in [-0.15, -0.1) is 0 Å². The molecule has 1 saturated heterocycles. The maximum absolute atomic E-state index is 11.1. The van der Waals surface area contributed by atoms with E-state index in [1.54, 1.807) is 0 Å². The molecule has 1 N–H and O–H groups in total. The molecule has 1 aliphatic heterocycles. The highest BCUT2D eigenvalue weighted by atomic mass is 16.4. The van der Waals surface area contributed by atoms with Gasteiger partial charge < -0.3 is 10.0 Å². The Kier molecular flexibility index (Phi) is 3.54. The van der Waals surface area contributed by atoms with Crippen LogP contribution in [0.1, 0.15) is 25.7 Å². The van der Waals surface area contributed by atoms with E-state index in [9.17, 15) is 4.79 Å². The third kappa shape index (κ3) is 2.46. The van der Waals surface area contributed by atoms with Crippen LogP contribution in [0.3, 0.4) is 0 Å². The fourth-order valence-corrected chi connectivity index (χ4v) is 3.06. The lowest BCUT2D eigenvalue weighted by atomic mass is 9.98. The van der Waals surface area contributed by atoms with Crippen molar-refractivity contribution >= 4 is 22.6 Å². The number of anilines is 1. The quantitative estimate of drug-likeness (QED) is 0.931. The van der Waals surface area contributed by atoms with E-state index < -0.39 is 5.97 Å². The Morgan fingerprint density at radius 3 is 3.00 bits per heavy atom. The minimum Gasteiger partial charge on any atom is -0.481 e. The van der Waals surface area contributed by atoms with Crippen LogP contribution in [0, 0.1) is 0 Å². The fourth-order valence-electron chi connectivity index (χ4n) is 3.06. The molecular weight excluding hydrogens is 252 g/mol. The van der Waals surface area contributed by atoms with E-state index in [0.717, 1.165) is 42.4 Å². The lowest BCUT2D eigenvalue weighted by molar-refractivity contribution is -0.137. The van der Waals surface area contributed by atoms with Crippen LogP contribution in [0.2, 0.25) is 0 Å². The van der Waals surface area contributed by atoms with Crippen LogP contribution in [0.4, 0.5) is 5.69 Å². The number of fused-ring (bicyclic) bond motifs is 1. The van der Waals surface area contributed by atoms with E-state index in [1.165, 1.54) is 0 Å². The summed E-state index contributed by atoms with van der Waals surface area (Å²) in [5.41, 5.74) is 2.08. The number of carbonyl (C=O) groups is 1. The molecule has 4 heteroatoms. The van der Waals surface area contributed by atoms with Gasteiger partial charge in [-0.2, -0.15) is 0 Å². The zero-order chi connectivity index (χ0) is 13.9. The molecule has 2 heterocycles. The SMILES string of the molecule is O=C(O)CC1CCCCN1c1ccnc2ccccc12. The standard InChI is InChI=1S/C16H18N2O2/c19-16(20)11-12-5-3-4-10-18(12)15-8-9-17-14-7-2-1-6-13(14)15/h1-2,6-9,12H,3-5,10-11H2,(H,19,20). The van der Waals surface area contributed by atoms with Crippen molar-refractivity contribution in [2.75, 3.05) is 11.4 Å². The van der Waals surface area contributed by atoms with Gasteiger partial charge in [-0.05, 0) is 31.4 Å². The smallest absolute Gasteiger partial charge is 0.305 e. The average Bonchev–Trinajstić information content (AvgIpc) is 2.47. The van der Waals surface area contributed by atoms with Crippen molar-refractivity contribution in [1.82, 2.24) is 4.98 Å². The number of rotatable bonds is 3. The zero-order valence-electron chi connectivity index (χ0n) is 11.3. The lowest BCUT2D eigenvalue weighted by Crippen LogP contribution is -2.41. The summed E-state index contributed by atoms with van der Waals surface area (Å²) in [6.45, 7) is 0.923. The maximum Gasteiger partial charge on any atom is 0.305 e. The van der Waals surface area contributed by atoms with Gasteiger partial charge in [0, 0.05) is 29.9 Å². The second-order valence-corrected chi connectivity index (χ2v) is 5.29. The van der Waals surface area contributed by atoms with Gasteiger partial charge in [0.1, 0.15) is 0 Å². The molecule has 1 aliphatic rings. The third-order valence-electron chi connectivity index (χ3n) is 3.97. The number of hydrogen-bond donors (Lipinski definition) is 1. The number of aromatic nitrogens is 1. The maximum atomic E-state index is 11.1. The first-order chi connectivity index (χ1) is 9.75. The molecule has 0 aliphatic carbocycles. The molecular formula is C16H18N2O2. The Hall–Kier alpha value is -2.10. The third-order valence-corrected chi connectivity index (χ3v) is 3.97. The Bertz CT molecular complexity index is 621. The number of nitrogens with zero attached hydrogens (tertiary/aromatic N) is 2. The Balaban J connectivity index is 2.01. The van der Waals surface area contributed by atoms with Gasteiger partial charge >= 0.3 is 5.97 Å². The number of pyridine rings is 1. The highest BCUT2D eigenvalue weighted by Crippen LogP contribution is 2.31. The number of carboxylic acids is 1. The molecule has 0 radical (unpaired) electrons. The van der Waals surface area contributed by atoms with E-state index in [1.807, 2.05) is 30.5 Å². The fraction of sp³-hybridized carbons (Fsp3) is 0.375. The molecule has 4 nitrogen and oxygen atoms in total. The van der Waals surface area contributed by atoms with Crippen molar-refractivity contribution in [2.45, 2.75) is 31.7 Å². The van der Waals surface area contributed by atoms with E-state index in [-0.39, 0.29) is 12.5 Å². The molecule has 20 heavy (non-hydrogen) atoms. The van der Waals surface area contributed by atoms with Crippen LogP contribution >= 0.6 is 0 Å². The second-order valence-electron chi connectivity index (χ2n) is 5.29. The largest absolute Gasteiger partial charge is 0.481 e. The van der Waals surface area contributed by atoms with Gasteiger partial charge in [-0.1, -0.05) is 18.2 Å². The Morgan fingerprint density at radius 1 is 1.30 bits per heavy atom. The first-order valence-corrected chi connectivity index (χ1v) is 7.08. The summed E-state index contributed by atoms with van der Waals surface area (Å²) in [5, 5.41) is 10.2. The number of benzene rings is 1. The van der Waals surface area contributed by atoms with E-state index >= 15 is 0 Å². The molecule has 104 valence electrons. The van der Waals surface area contributed by atoms with Crippen LogP contribution in [0.15, 0.2) is 36.5 Å². The summed E-state index contributed by atoms with van der Waals surface area (Å²) in [4.78, 5) is 17.7. The van der Waals surface area contributed by atoms with Gasteiger partial charge in [-0.25, -0.2) is 0 Å². The molecule has 2 aromatic rings. The number of para-hydroxylation sites is 1. The summed E-state index contributed by atoms with van der Waals surface area (Å²) in [6.07, 6.45) is 5.19. The number of aliphatic carboxylic acids is 1. The summed E-state index contributed by atoms with van der Waals surface area (Å²) in [7, 11) is 0. The zero-order valence-corrected chi connectivity index (χ0v) is 11.3. The molecule has 0 bridgehead atoms. The van der Waals surface area contributed by atoms with Crippen molar-refractivity contribution in [3.05, 3.63) is 36.5 Å². The normalized spacial score (nSPS) is 19.2. The minimum absolute atomic E-state index is 0.0899. The predicted molar refractivity (Wildman–Crippen MR) is 79.0 cm³/mol. The first-order valence-electron chi connectivity index (χ1n) is 7.08. The molecule has 1 aromatic carbocycles.